The van der Waals surface area contributed by atoms with Gasteiger partial charge in [-0.05, 0) is 49.6 Å². The summed E-state index contributed by atoms with van der Waals surface area (Å²) in [7, 11) is 0. The summed E-state index contributed by atoms with van der Waals surface area (Å²) < 4.78 is 22.0. The maximum Gasteiger partial charge on any atom is 0.165 e. The van der Waals surface area contributed by atoms with Crippen molar-refractivity contribution in [1.82, 2.24) is 14.8 Å². The molecule has 0 atom stereocenters. The van der Waals surface area contributed by atoms with Crippen molar-refractivity contribution in [1.29, 1.82) is 0 Å². The Labute approximate surface area is 191 Å². The zero-order valence-corrected chi connectivity index (χ0v) is 18.5. The first-order valence-electron chi connectivity index (χ1n) is 10.4. The molecule has 0 unspecified atom stereocenters. The maximum atomic E-state index is 14.3. The highest BCUT2D eigenvalue weighted by Gasteiger charge is 2.13. The van der Waals surface area contributed by atoms with Crippen molar-refractivity contribution in [2.45, 2.75) is 26.4 Å². The van der Waals surface area contributed by atoms with E-state index in [1.165, 1.54) is 6.07 Å². The van der Waals surface area contributed by atoms with Gasteiger partial charge in [-0.2, -0.15) is 0 Å². The predicted octanol–water partition coefficient (Wildman–Crippen LogP) is 6.26. The lowest BCUT2D eigenvalue weighted by Gasteiger charge is -2.08. The molecule has 0 radical (unpaired) electrons. The van der Waals surface area contributed by atoms with Gasteiger partial charge in [0.1, 0.15) is 0 Å². The minimum Gasteiger partial charge on any atom is -0.377 e. The molecule has 5 nitrogen and oxygen atoms in total. The second-order valence-electron chi connectivity index (χ2n) is 7.46. The number of anilines is 2. The molecule has 2 aromatic carbocycles. The molecule has 0 fully saturated rings. The van der Waals surface area contributed by atoms with Gasteiger partial charge < -0.3 is 10.1 Å². The molecule has 32 heavy (non-hydrogen) atoms. The van der Waals surface area contributed by atoms with Crippen molar-refractivity contribution in [3.05, 3.63) is 101 Å². The average molecular weight is 451 g/mol. The van der Waals surface area contributed by atoms with Crippen molar-refractivity contribution in [3.8, 4) is 5.69 Å². The van der Waals surface area contributed by atoms with Gasteiger partial charge in [-0.25, -0.2) is 9.07 Å². The Hall–Kier alpha value is -3.22. The van der Waals surface area contributed by atoms with Crippen molar-refractivity contribution >= 4 is 23.1 Å². The highest BCUT2D eigenvalue weighted by atomic mass is 35.5. The molecule has 2 heterocycles. The van der Waals surface area contributed by atoms with E-state index in [0.29, 0.717) is 19.0 Å². The van der Waals surface area contributed by atoms with E-state index < -0.39 is 5.82 Å². The zero-order chi connectivity index (χ0) is 22.3. The predicted molar refractivity (Wildman–Crippen MR) is 125 cm³/mol. The van der Waals surface area contributed by atoms with Gasteiger partial charge in [0.2, 0.25) is 0 Å². The molecule has 4 rings (SSSR count). The number of rotatable bonds is 9. The van der Waals surface area contributed by atoms with Gasteiger partial charge in [-0.15, -0.1) is 5.10 Å². The van der Waals surface area contributed by atoms with Crippen molar-refractivity contribution in [2.75, 3.05) is 11.9 Å². The molecule has 7 heteroatoms. The third kappa shape index (κ3) is 5.52. The van der Waals surface area contributed by atoms with Gasteiger partial charge in [-0.1, -0.05) is 48.0 Å². The van der Waals surface area contributed by atoms with E-state index >= 15 is 0 Å². The summed E-state index contributed by atoms with van der Waals surface area (Å²) in [6.45, 7) is 3.15. The normalized spacial score (nSPS) is 11.0. The Balaban J connectivity index is 1.48. The number of nitrogens with one attached hydrogen (secondary N) is 1. The van der Waals surface area contributed by atoms with Crippen molar-refractivity contribution in [3.63, 3.8) is 0 Å². The van der Waals surface area contributed by atoms with Gasteiger partial charge >= 0.3 is 0 Å². The Morgan fingerprint density at radius 2 is 1.91 bits per heavy atom. The average Bonchev–Trinajstić information content (AvgIpc) is 3.20. The van der Waals surface area contributed by atoms with Crippen LogP contribution in [0.5, 0.6) is 0 Å². The molecule has 1 N–H and O–H groups in total. The number of hydrogen-bond acceptors (Lipinski definition) is 4. The van der Waals surface area contributed by atoms with Gasteiger partial charge in [0.15, 0.2) is 11.6 Å². The SMILES string of the molecule is Cc1cc(-n2nc(Nc3cccc(Cl)c3F)cc2CCCOCc2ccccc2)ccn1. The molecule has 0 aliphatic rings. The van der Waals surface area contributed by atoms with Crippen LogP contribution in [0.25, 0.3) is 5.69 Å². The van der Waals surface area contributed by atoms with Gasteiger partial charge in [-0.3, -0.25) is 4.98 Å². The van der Waals surface area contributed by atoms with Crippen LogP contribution in [0.15, 0.2) is 72.9 Å². The number of nitrogens with zero attached hydrogens (tertiary/aromatic N) is 3. The molecular weight excluding hydrogens is 427 g/mol. The van der Waals surface area contributed by atoms with E-state index in [9.17, 15) is 4.39 Å². The number of pyridine rings is 1. The second-order valence-corrected chi connectivity index (χ2v) is 7.86. The molecule has 0 saturated carbocycles. The molecule has 0 bridgehead atoms. The molecule has 164 valence electrons. The fraction of sp³-hybridized carbons (Fsp3) is 0.200. The lowest BCUT2D eigenvalue weighted by molar-refractivity contribution is 0.118. The van der Waals surface area contributed by atoms with Crippen LogP contribution in [0, 0.1) is 12.7 Å². The number of ether oxygens (including phenoxy) is 1. The third-order valence-electron chi connectivity index (χ3n) is 4.96. The van der Waals surface area contributed by atoms with E-state index in [0.717, 1.165) is 35.5 Å². The highest BCUT2D eigenvalue weighted by molar-refractivity contribution is 6.31. The summed E-state index contributed by atoms with van der Waals surface area (Å²) >= 11 is 5.91. The van der Waals surface area contributed by atoms with E-state index in [1.807, 2.05) is 60.1 Å². The molecule has 0 saturated heterocycles. The Morgan fingerprint density at radius 1 is 1.06 bits per heavy atom. The smallest absolute Gasteiger partial charge is 0.165 e. The molecule has 0 amide bonds. The van der Waals surface area contributed by atoms with Crippen molar-refractivity contribution < 1.29 is 9.13 Å². The fourth-order valence-corrected chi connectivity index (χ4v) is 3.58. The van der Waals surface area contributed by atoms with Crippen molar-refractivity contribution in [2.24, 2.45) is 0 Å². The highest BCUT2D eigenvalue weighted by Crippen LogP contribution is 2.26. The van der Waals surface area contributed by atoms with Gasteiger partial charge in [0, 0.05) is 30.3 Å². The third-order valence-corrected chi connectivity index (χ3v) is 5.25. The van der Waals surface area contributed by atoms with Crippen LogP contribution >= 0.6 is 11.6 Å². The van der Waals surface area contributed by atoms with E-state index in [4.69, 9.17) is 16.3 Å². The number of aryl methyl sites for hydroxylation is 2. The molecule has 0 aliphatic carbocycles. The van der Waals surface area contributed by atoms with Crippen LogP contribution in [0.2, 0.25) is 5.02 Å². The zero-order valence-electron chi connectivity index (χ0n) is 17.8. The van der Waals surface area contributed by atoms with Crippen LogP contribution in [-0.4, -0.2) is 21.4 Å². The Morgan fingerprint density at radius 3 is 2.72 bits per heavy atom. The molecule has 2 aromatic heterocycles. The summed E-state index contributed by atoms with van der Waals surface area (Å²) in [4.78, 5) is 4.27. The Kier molecular flexibility index (Phi) is 7.14. The molecule has 0 aliphatic heterocycles. The van der Waals surface area contributed by atoms with Crippen LogP contribution < -0.4 is 5.32 Å². The summed E-state index contributed by atoms with van der Waals surface area (Å²) in [5.41, 5.74) is 4.22. The molecular formula is C25H24ClFN4O. The fourth-order valence-electron chi connectivity index (χ4n) is 3.40. The molecule has 0 spiro atoms. The van der Waals surface area contributed by atoms with Gasteiger partial charge in [0.25, 0.3) is 0 Å². The molecule has 4 aromatic rings. The second kappa shape index (κ2) is 10.4. The van der Waals surface area contributed by atoms with Crippen LogP contribution in [-0.2, 0) is 17.8 Å². The summed E-state index contributed by atoms with van der Waals surface area (Å²) in [6, 6.07) is 20.7. The van der Waals surface area contributed by atoms with Crippen LogP contribution in [0.4, 0.5) is 15.9 Å². The topological polar surface area (TPSA) is 52.0 Å². The largest absolute Gasteiger partial charge is 0.377 e. The quantitative estimate of drug-likeness (QED) is 0.306. The Bertz CT molecular complexity index is 1180. The van der Waals surface area contributed by atoms with E-state index in [2.05, 4.69) is 15.4 Å². The van der Waals surface area contributed by atoms with Gasteiger partial charge in [0.05, 0.1) is 23.0 Å². The summed E-state index contributed by atoms with van der Waals surface area (Å²) in [5.74, 6) is 0.0418. The van der Waals surface area contributed by atoms with Crippen LogP contribution in [0.3, 0.4) is 0 Å². The minimum atomic E-state index is -0.501. The lowest BCUT2D eigenvalue weighted by Crippen LogP contribution is -2.05. The van der Waals surface area contributed by atoms with E-state index in [1.54, 1.807) is 18.3 Å². The van der Waals surface area contributed by atoms with Crippen LogP contribution in [0.1, 0.15) is 23.4 Å². The number of halogens is 2. The minimum absolute atomic E-state index is 0.0648. The summed E-state index contributed by atoms with van der Waals surface area (Å²) in [5, 5.41) is 7.77. The first-order chi connectivity index (χ1) is 15.6. The summed E-state index contributed by atoms with van der Waals surface area (Å²) in [6.07, 6.45) is 3.33. The first kappa shape index (κ1) is 22.0. The number of hydrogen-bond donors (Lipinski definition) is 1. The standard InChI is InChI=1S/C25H24ClFN4O/c1-18-15-21(12-13-28-18)31-20(9-6-14-32-17-19-7-3-2-4-8-19)16-24(30-31)29-23-11-5-10-22(26)25(23)27/h2-5,7-8,10-13,15-16H,6,9,14,17H2,1H3,(H,29,30). The first-order valence-corrected chi connectivity index (χ1v) is 10.8. The lowest BCUT2D eigenvalue weighted by atomic mass is 10.2. The number of benzene rings is 2. The maximum absolute atomic E-state index is 14.3. The number of aromatic nitrogens is 3. The monoisotopic (exact) mass is 450 g/mol. The van der Waals surface area contributed by atoms with E-state index in [-0.39, 0.29) is 10.7 Å².